The fraction of sp³-hybridized carbons (Fsp3) is 0.250. The summed E-state index contributed by atoms with van der Waals surface area (Å²) in [6.07, 6.45) is 0. The van der Waals surface area contributed by atoms with Crippen molar-refractivity contribution in [2.75, 3.05) is 14.2 Å². The first kappa shape index (κ1) is 19.8. The molecule has 0 radical (unpaired) electrons. The Morgan fingerprint density at radius 3 is 2.64 bits per heavy atom. The number of carbonyl (C=O) groups is 1. The molecule has 7 nitrogen and oxygen atoms in total. The largest absolute Gasteiger partial charge is 0.497 e. The summed E-state index contributed by atoms with van der Waals surface area (Å²) >= 11 is 1.21. The van der Waals surface area contributed by atoms with Crippen LogP contribution < -0.4 is 14.8 Å². The molecule has 1 N–H and O–H groups in total. The van der Waals surface area contributed by atoms with Gasteiger partial charge in [0.2, 0.25) is 5.91 Å². The summed E-state index contributed by atoms with van der Waals surface area (Å²) in [5.74, 6) is 1.45. The number of aromatic nitrogens is 2. The predicted molar refractivity (Wildman–Crippen MR) is 106 cm³/mol. The van der Waals surface area contributed by atoms with Crippen LogP contribution >= 0.6 is 11.8 Å². The van der Waals surface area contributed by atoms with Gasteiger partial charge in [0, 0.05) is 12.6 Å². The second-order valence-corrected chi connectivity index (χ2v) is 7.19. The summed E-state index contributed by atoms with van der Waals surface area (Å²) in [6.45, 7) is 2.27. The molecule has 0 unspecified atom stereocenters. The number of carbonyl (C=O) groups excluding carboxylic acids is 1. The summed E-state index contributed by atoms with van der Waals surface area (Å²) in [4.78, 5) is 12.3. The summed E-state index contributed by atoms with van der Waals surface area (Å²) < 4.78 is 16.3. The Balaban J connectivity index is 1.63. The lowest BCUT2D eigenvalue weighted by molar-refractivity contribution is -0.120. The number of hydrogen-bond donors (Lipinski definition) is 1. The normalized spacial score (nSPS) is 11.7. The van der Waals surface area contributed by atoms with E-state index in [2.05, 4.69) is 15.5 Å². The summed E-state index contributed by atoms with van der Waals surface area (Å²) in [6, 6.07) is 15.1. The molecular weight excluding hydrogens is 378 g/mol. The highest BCUT2D eigenvalue weighted by Gasteiger charge is 2.20. The van der Waals surface area contributed by atoms with Crippen LogP contribution in [0, 0.1) is 0 Å². The molecule has 28 heavy (non-hydrogen) atoms. The predicted octanol–water partition coefficient (Wildman–Crippen LogP) is 3.55. The minimum Gasteiger partial charge on any atom is -0.497 e. The molecule has 1 aromatic heterocycles. The van der Waals surface area contributed by atoms with Crippen LogP contribution in [0.3, 0.4) is 0 Å². The quantitative estimate of drug-likeness (QED) is 0.580. The lowest BCUT2D eigenvalue weighted by atomic mass is 10.2. The van der Waals surface area contributed by atoms with Gasteiger partial charge in [-0.1, -0.05) is 42.1 Å². The van der Waals surface area contributed by atoms with E-state index in [1.165, 1.54) is 11.8 Å². The van der Waals surface area contributed by atoms with E-state index in [4.69, 9.17) is 13.9 Å². The number of hydrogen-bond acceptors (Lipinski definition) is 7. The maximum absolute atomic E-state index is 12.3. The third-order valence-electron chi connectivity index (χ3n) is 4.00. The van der Waals surface area contributed by atoms with E-state index >= 15 is 0 Å². The van der Waals surface area contributed by atoms with Gasteiger partial charge in [-0.3, -0.25) is 4.79 Å². The topological polar surface area (TPSA) is 86.5 Å². The second-order valence-electron chi connectivity index (χ2n) is 5.90. The zero-order valence-corrected chi connectivity index (χ0v) is 16.7. The van der Waals surface area contributed by atoms with E-state index in [1.807, 2.05) is 30.3 Å². The third kappa shape index (κ3) is 4.83. The molecule has 0 saturated heterocycles. The van der Waals surface area contributed by atoms with Crippen LogP contribution in [0.5, 0.6) is 11.5 Å². The van der Waals surface area contributed by atoms with E-state index in [-0.39, 0.29) is 11.2 Å². The smallest absolute Gasteiger partial charge is 0.277 e. The number of ether oxygens (including phenoxy) is 2. The van der Waals surface area contributed by atoms with Crippen molar-refractivity contribution in [2.45, 2.75) is 23.9 Å². The Morgan fingerprint density at radius 1 is 1.14 bits per heavy atom. The first-order chi connectivity index (χ1) is 13.6. The van der Waals surface area contributed by atoms with Crippen molar-refractivity contribution in [3.05, 3.63) is 54.1 Å². The lowest BCUT2D eigenvalue weighted by Crippen LogP contribution is -2.30. The zero-order chi connectivity index (χ0) is 19.9. The van der Waals surface area contributed by atoms with Crippen LogP contribution in [-0.2, 0) is 11.3 Å². The summed E-state index contributed by atoms with van der Waals surface area (Å²) in [7, 11) is 3.14. The highest BCUT2D eigenvalue weighted by molar-refractivity contribution is 8.00. The van der Waals surface area contributed by atoms with Crippen LogP contribution in [0.4, 0.5) is 0 Å². The molecular formula is C20H21N3O4S. The molecule has 0 aliphatic heterocycles. The van der Waals surface area contributed by atoms with E-state index in [0.717, 1.165) is 5.56 Å². The van der Waals surface area contributed by atoms with Gasteiger partial charge in [-0.15, -0.1) is 10.2 Å². The van der Waals surface area contributed by atoms with Gasteiger partial charge in [0.1, 0.15) is 11.5 Å². The number of amides is 1. The Hall–Kier alpha value is -3.00. The van der Waals surface area contributed by atoms with Gasteiger partial charge in [-0.2, -0.15) is 0 Å². The van der Waals surface area contributed by atoms with Crippen molar-refractivity contribution < 1.29 is 18.7 Å². The number of nitrogens with one attached hydrogen (secondary N) is 1. The van der Waals surface area contributed by atoms with E-state index in [9.17, 15) is 4.79 Å². The molecule has 146 valence electrons. The van der Waals surface area contributed by atoms with Crippen molar-refractivity contribution >= 4 is 17.7 Å². The van der Waals surface area contributed by atoms with Gasteiger partial charge in [0.05, 0.1) is 25.0 Å². The molecule has 1 atom stereocenters. The minimum atomic E-state index is -0.380. The lowest BCUT2D eigenvalue weighted by Gasteiger charge is -2.10. The first-order valence-corrected chi connectivity index (χ1v) is 9.53. The SMILES string of the molecule is COc1ccc(-c2nnc(S[C@H](C)C(=O)NCc3ccccc3)o2)c(OC)c1. The molecule has 0 aliphatic carbocycles. The monoisotopic (exact) mass is 399 g/mol. The van der Waals surface area contributed by atoms with Crippen LogP contribution in [0.2, 0.25) is 0 Å². The molecule has 3 aromatic rings. The molecule has 0 spiro atoms. The molecule has 3 rings (SSSR count). The first-order valence-electron chi connectivity index (χ1n) is 8.65. The Labute approximate surface area is 167 Å². The standard InChI is InChI=1S/C20H21N3O4S/c1-13(18(24)21-12-14-7-5-4-6-8-14)28-20-23-22-19(27-20)16-10-9-15(25-2)11-17(16)26-3/h4-11,13H,12H2,1-3H3,(H,21,24)/t13-/m1/s1. The molecule has 0 bridgehead atoms. The fourth-order valence-corrected chi connectivity index (χ4v) is 3.18. The number of thioether (sulfide) groups is 1. The van der Waals surface area contributed by atoms with Crippen molar-refractivity contribution in [3.63, 3.8) is 0 Å². The summed E-state index contributed by atoms with van der Waals surface area (Å²) in [5, 5.41) is 10.9. The molecule has 0 saturated carbocycles. The van der Waals surface area contributed by atoms with Crippen LogP contribution in [-0.4, -0.2) is 35.6 Å². The number of nitrogens with zero attached hydrogens (tertiary/aromatic N) is 2. The van der Waals surface area contributed by atoms with Gasteiger partial charge in [0.25, 0.3) is 11.1 Å². The van der Waals surface area contributed by atoms with Gasteiger partial charge in [0.15, 0.2) is 0 Å². The highest BCUT2D eigenvalue weighted by atomic mass is 32.2. The minimum absolute atomic E-state index is 0.101. The highest BCUT2D eigenvalue weighted by Crippen LogP contribution is 2.34. The van der Waals surface area contributed by atoms with Crippen molar-refractivity contribution in [2.24, 2.45) is 0 Å². The average Bonchev–Trinajstić information content (AvgIpc) is 3.20. The molecule has 2 aromatic carbocycles. The third-order valence-corrected chi connectivity index (χ3v) is 4.94. The second kappa shape index (κ2) is 9.27. The van der Waals surface area contributed by atoms with E-state index in [0.29, 0.717) is 34.7 Å². The number of benzene rings is 2. The Bertz CT molecular complexity index is 930. The molecule has 0 fully saturated rings. The Kier molecular flexibility index (Phi) is 6.54. The van der Waals surface area contributed by atoms with E-state index in [1.54, 1.807) is 39.3 Å². The van der Waals surface area contributed by atoms with Gasteiger partial charge in [-0.25, -0.2) is 0 Å². The molecule has 1 heterocycles. The van der Waals surface area contributed by atoms with Crippen LogP contribution in [0.1, 0.15) is 12.5 Å². The van der Waals surface area contributed by atoms with Gasteiger partial charge in [-0.05, 0) is 24.6 Å². The van der Waals surface area contributed by atoms with E-state index < -0.39 is 0 Å². The van der Waals surface area contributed by atoms with Crippen molar-refractivity contribution in [3.8, 4) is 23.0 Å². The zero-order valence-electron chi connectivity index (χ0n) is 15.8. The maximum Gasteiger partial charge on any atom is 0.277 e. The summed E-state index contributed by atoms with van der Waals surface area (Å²) in [5.41, 5.74) is 1.70. The average molecular weight is 399 g/mol. The number of methoxy groups -OCH3 is 2. The van der Waals surface area contributed by atoms with Crippen LogP contribution in [0.25, 0.3) is 11.5 Å². The molecule has 8 heteroatoms. The van der Waals surface area contributed by atoms with Crippen LogP contribution in [0.15, 0.2) is 58.2 Å². The van der Waals surface area contributed by atoms with Crippen molar-refractivity contribution in [1.29, 1.82) is 0 Å². The van der Waals surface area contributed by atoms with Gasteiger partial charge < -0.3 is 19.2 Å². The van der Waals surface area contributed by atoms with Gasteiger partial charge >= 0.3 is 0 Å². The Morgan fingerprint density at radius 2 is 1.93 bits per heavy atom. The maximum atomic E-state index is 12.3. The van der Waals surface area contributed by atoms with Crippen molar-refractivity contribution in [1.82, 2.24) is 15.5 Å². The number of rotatable bonds is 8. The molecule has 1 amide bonds. The molecule has 0 aliphatic rings. The fourth-order valence-electron chi connectivity index (χ4n) is 2.47.